The van der Waals surface area contributed by atoms with Crippen LogP contribution in [0.5, 0.6) is 0 Å². The van der Waals surface area contributed by atoms with Crippen LogP contribution in [0.4, 0.5) is 0 Å². The molecule has 6 nitrogen and oxygen atoms in total. The number of primary sulfonamides is 1. The third-order valence-corrected chi connectivity index (χ3v) is 5.17. The van der Waals surface area contributed by atoms with Crippen molar-refractivity contribution in [3.05, 3.63) is 59.1 Å². The van der Waals surface area contributed by atoms with Gasteiger partial charge in [0.25, 0.3) is 5.91 Å². The summed E-state index contributed by atoms with van der Waals surface area (Å²) >= 11 is 1.52. The van der Waals surface area contributed by atoms with Crippen molar-refractivity contribution in [1.29, 1.82) is 0 Å². The maximum atomic E-state index is 12.1. The lowest BCUT2D eigenvalue weighted by Crippen LogP contribution is -2.23. The summed E-state index contributed by atoms with van der Waals surface area (Å²) in [4.78, 5) is 16.4. The van der Waals surface area contributed by atoms with E-state index in [-0.39, 0.29) is 10.8 Å². The van der Waals surface area contributed by atoms with Gasteiger partial charge >= 0.3 is 0 Å². The van der Waals surface area contributed by atoms with E-state index < -0.39 is 10.0 Å². The lowest BCUT2D eigenvalue weighted by Gasteiger charge is -2.07. The molecule has 3 rings (SSSR count). The topological polar surface area (TPSA) is 102 Å². The molecule has 0 radical (unpaired) electrons. The van der Waals surface area contributed by atoms with Crippen LogP contribution in [-0.4, -0.2) is 19.3 Å². The number of benzene rings is 2. The van der Waals surface area contributed by atoms with Crippen LogP contribution >= 0.6 is 11.3 Å². The first-order valence-corrected chi connectivity index (χ1v) is 9.10. The molecule has 0 aliphatic heterocycles. The van der Waals surface area contributed by atoms with E-state index in [9.17, 15) is 13.2 Å². The van der Waals surface area contributed by atoms with E-state index in [2.05, 4.69) is 10.3 Å². The van der Waals surface area contributed by atoms with E-state index in [0.29, 0.717) is 12.1 Å². The number of amides is 1. The van der Waals surface area contributed by atoms with Gasteiger partial charge in [-0.2, -0.15) is 0 Å². The minimum Gasteiger partial charge on any atom is -0.348 e. The van der Waals surface area contributed by atoms with Crippen molar-refractivity contribution in [3.63, 3.8) is 0 Å². The Morgan fingerprint density at radius 1 is 1.17 bits per heavy atom. The number of carbonyl (C=O) groups excluding carboxylic acids is 1. The third kappa shape index (κ3) is 3.39. The van der Waals surface area contributed by atoms with Gasteiger partial charge in [0.1, 0.15) is 0 Å². The Morgan fingerprint density at radius 3 is 2.61 bits per heavy atom. The molecule has 0 bridgehead atoms. The van der Waals surface area contributed by atoms with E-state index in [1.54, 1.807) is 5.51 Å². The molecule has 0 unspecified atom stereocenters. The molecule has 0 aliphatic carbocycles. The number of hydrogen-bond donors (Lipinski definition) is 2. The highest BCUT2D eigenvalue weighted by Gasteiger charge is 2.11. The first-order chi connectivity index (χ1) is 10.9. The maximum absolute atomic E-state index is 12.1. The van der Waals surface area contributed by atoms with Gasteiger partial charge < -0.3 is 5.32 Å². The Hall–Kier alpha value is -2.29. The van der Waals surface area contributed by atoms with Crippen LogP contribution < -0.4 is 10.5 Å². The first kappa shape index (κ1) is 15.6. The highest BCUT2D eigenvalue weighted by Crippen LogP contribution is 2.22. The average Bonchev–Trinajstić information content (AvgIpc) is 3.01. The van der Waals surface area contributed by atoms with Gasteiger partial charge in [-0.3, -0.25) is 4.79 Å². The summed E-state index contributed by atoms with van der Waals surface area (Å²) in [5.41, 5.74) is 4.02. The van der Waals surface area contributed by atoms with Crippen LogP contribution in [0, 0.1) is 0 Å². The molecule has 0 aliphatic rings. The van der Waals surface area contributed by atoms with Gasteiger partial charge in [0.2, 0.25) is 10.0 Å². The number of aromatic nitrogens is 1. The molecule has 8 heteroatoms. The van der Waals surface area contributed by atoms with Crippen LogP contribution in [0.3, 0.4) is 0 Å². The second-order valence-corrected chi connectivity index (χ2v) is 7.29. The summed E-state index contributed by atoms with van der Waals surface area (Å²) in [6, 6.07) is 11.2. The molecule has 3 N–H and O–H groups in total. The molecule has 0 atom stereocenters. The molecule has 0 fully saturated rings. The number of hydrogen-bond acceptors (Lipinski definition) is 5. The van der Waals surface area contributed by atoms with Crippen LogP contribution in [-0.2, 0) is 16.6 Å². The first-order valence-electron chi connectivity index (χ1n) is 6.67. The number of rotatable bonds is 4. The lowest BCUT2D eigenvalue weighted by molar-refractivity contribution is 0.0951. The summed E-state index contributed by atoms with van der Waals surface area (Å²) in [5.74, 6) is -0.285. The smallest absolute Gasteiger partial charge is 0.251 e. The molecule has 3 aromatic rings. The Labute approximate surface area is 137 Å². The van der Waals surface area contributed by atoms with Crippen molar-refractivity contribution in [2.45, 2.75) is 11.4 Å². The highest BCUT2D eigenvalue weighted by atomic mass is 32.2. The summed E-state index contributed by atoms with van der Waals surface area (Å²) in [6.45, 7) is 0.370. The molecule has 1 heterocycles. The standard InChI is InChI=1S/C15H13N3O3S2/c16-23(20,21)12-6-4-10(5-7-12)15(19)17-8-11-2-1-3-13-14(11)22-9-18-13/h1-7,9H,8H2,(H,17,19)(H2,16,20,21). The van der Waals surface area contributed by atoms with Gasteiger partial charge in [0, 0.05) is 12.1 Å². The number of nitrogens with two attached hydrogens (primary N) is 1. The fourth-order valence-electron chi connectivity index (χ4n) is 2.16. The number of carbonyl (C=O) groups is 1. The molecular formula is C15H13N3O3S2. The lowest BCUT2D eigenvalue weighted by atomic mass is 10.2. The predicted octanol–water partition coefficient (Wildman–Crippen LogP) is 1.87. The van der Waals surface area contributed by atoms with Crippen molar-refractivity contribution in [2.75, 3.05) is 0 Å². The van der Waals surface area contributed by atoms with E-state index in [1.807, 2.05) is 18.2 Å². The number of thiazole rings is 1. The Morgan fingerprint density at radius 2 is 1.91 bits per heavy atom. The number of fused-ring (bicyclic) bond motifs is 1. The van der Waals surface area contributed by atoms with Gasteiger partial charge in [0.05, 0.1) is 20.6 Å². The Bertz CT molecular complexity index is 963. The quantitative estimate of drug-likeness (QED) is 0.752. The molecule has 2 aromatic carbocycles. The largest absolute Gasteiger partial charge is 0.348 e. The number of nitrogens with one attached hydrogen (secondary N) is 1. The fraction of sp³-hybridized carbons (Fsp3) is 0.0667. The van der Waals surface area contributed by atoms with Gasteiger partial charge in [0.15, 0.2) is 0 Å². The SMILES string of the molecule is NS(=O)(=O)c1ccc(C(=O)NCc2cccc3ncsc23)cc1. The minimum atomic E-state index is -3.76. The second kappa shape index (κ2) is 6.07. The molecule has 1 amide bonds. The maximum Gasteiger partial charge on any atom is 0.251 e. The van der Waals surface area contributed by atoms with Crippen molar-refractivity contribution >= 4 is 37.5 Å². The van der Waals surface area contributed by atoms with Crippen LogP contribution in [0.25, 0.3) is 10.2 Å². The van der Waals surface area contributed by atoms with E-state index >= 15 is 0 Å². The zero-order valence-corrected chi connectivity index (χ0v) is 13.5. The molecule has 0 saturated carbocycles. The van der Waals surface area contributed by atoms with Crippen LogP contribution in [0.15, 0.2) is 52.9 Å². The minimum absolute atomic E-state index is 0.0246. The Kier molecular flexibility index (Phi) is 4.12. The van der Waals surface area contributed by atoms with Gasteiger partial charge in [-0.25, -0.2) is 18.5 Å². The highest BCUT2D eigenvalue weighted by molar-refractivity contribution is 7.89. The van der Waals surface area contributed by atoms with Crippen molar-refractivity contribution in [3.8, 4) is 0 Å². The summed E-state index contributed by atoms with van der Waals surface area (Å²) in [6.07, 6.45) is 0. The van der Waals surface area contributed by atoms with Crippen LogP contribution in [0.1, 0.15) is 15.9 Å². The fourth-order valence-corrected chi connectivity index (χ4v) is 3.48. The average molecular weight is 347 g/mol. The zero-order chi connectivity index (χ0) is 16.4. The van der Waals surface area contributed by atoms with Gasteiger partial charge in [-0.05, 0) is 35.9 Å². The van der Waals surface area contributed by atoms with E-state index in [1.165, 1.54) is 35.6 Å². The van der Waals surface area contributed by atoms with E-state index in [0.717, 1.165) is 15.8 Å². The molecule has 0 spiro atoms. The molecule has 0 saturated heterocycles. The second-order valence-electron chi connectivity index (χ2n) is 4.87. The third-order valence-electron chi connectivity index (χ3n) is 3.32. The number of nitrogens with zero attached hydrogens (tertiary/aromatic N) is 1. The molecule has 118 valence electrons. The van der Waals surface area contributed by atoms with Crippen molar-refractivity contribution < 1.29 is 13.2 Å². The monoisotopic (exact) mass is 347 g/mol. The summed E-state index contributed by atoms with van der Waals surface area (Å²) in [7, 11) is -3.76. The zero-order valence-electron chi connectivity index (χ0n) is 11.9. The summed E-state index contributed by atoms with van der Waals surface area (Å²) < 4.78 is 23.4. The van der Waals surface area contributed by atoms with Crippen molar-refractivity contribution in [1.82, 2.24) is 10.3 Å². The molecule has 1 aromatic heterocycles. The normalized spacial score (nSPS) is 11.5. The summed E-state index contributed by atoms with van der Waals surface area (Å²) in [5, 5.41) is 7.84. The van der Waals surface area contributed by atoms with Gasteiger partial charge in [-0.1, -0.05) is 12.1 Å². The van der Waals surface area contributed by atoms with Crippen LogP contribution in [0.2, 0.25) is 0 Å². The predicted molar refractivity (Wildman–Crippen MR) is 88.6 cm³/mol. The van der Waals surface area contributed by atoms with E-state index in [4.69, 9.17) is 5.14 Å². The molecular weight excluding hydrogens is 334 g/mol. The Balaban J connectivity index is 1.73. The number of sulfonamides is 1. The van der Waals surface area contributed by atoms with Crippen molar-refractivity contribution in [2.24, 2.45) is 5.14 Å². The van der Waals surface area contributed by atoms with Gasteiger partial charge in [-0.15, -0.1) is 11.3 Å². The molecule has 23 heavy (non-hydrogen) atoms.